The maximum Gasteiger partial charge on any atom is 0.225 e. The van der Waals surface area contributed by atoms with Crippen molar-refractivity contribution < 1.29 is 4.79 Å². The number of hydrogen-bond acceptors (Lipinski definition) is 2. The molecule has 0 N–H and O–H groups in total. The fourth-order valence-electron chi connectivity index (χ4n) is 2.66. The normalized spacial score (nSPS) is 21.1. The molecule has 0 aromatic carbocycles. The standard InChI is InChI=1S/C14H23N3O/c1-11(2)14(18)17-8-6-4-5-7-13(17)12-9-15-16(3)10-12/h9-11,13H,4-8H2,1-3H3. The molecule has 4 nitrogen and oxygen atoms in total. The summed E-state index contributed by atoms with van der Waals surface area (Å²) in [6.07, 6.45) is 8.53. The van der Waals surface area contributed by atoms with E-state index in [4.69, 9.17) is 0 Å². The monoisotopic (exact) mass is 249 g/mol. The van der Waals surface area contributed by atoms with E-state index < -0.39 is 0 Å². The molecule has 1 aliphatic rings. The number of likely N-dealkylation sites (tertiary alicyclic amines) is 1. The molecule has 100 valence electrons. The van der Waals surface area contributed by atoms with Crippen molar-refractivity contribution in [3.8, 4) is 0 Å². The van der Waals surface area contributed by atoms with Gasteiger partial charge >= 0.3 is 0 Å². The first kappa shape index (κ1) is 13.1. The Balaban J connectivity index is 2.24. The molecule has 1 fully saturated rings. The van der Waals surface area contributed by atoms with Crippen LogP contribution in [0, 0.1) is 5.92 Å². The van der Waals surface area contributed by atoms with E-state index in [9.17, 15) is 4.79 Å². The second kappa shape index (κ2) is 5.55. The zero-order valence-corrected chi connectivity index (χ0v) is 11.6. The molecule has 0 bridgehead atoms. The number of hydrogen-bond donors (Lipinski definition) is 0. The quantitative estimate of drug-likeness (QED) is 0.807. The molecule has 1 aromatic heterocycles. The highest BCUT2D eigenvalue weighted by Crippen LogP contribution is 2.30. The number of rotatable bonds is 2. The number of nitrogens with zero attached hydrogens (tertiary/aromatic N) is 3. The maximum absolute atomic E-state index is 12.3. The van der Waals surface area contributed by atoms with Gasteiger partial charge in [-0.15, -0.1) is 0 Å². The van der Waals surface area contributed by atoms with Crippen LogP contribution in [0.5, 0.6) is 0 Å². The zero-order chi connectivity index (χ0) is 13.1. The van der Waals surface area contributed by atoms with E-state index >= 15 is 0 Å². The summed E-state index contributed by atoms with van der Waals surface area (Å²) in [6.45, 7) is 4.84. The molecule has 0 radical (unpaired) electrons. The molecular weight excluding hydrogens is 226 g/mol. The van der Waals surface area contributed by atoms with E-state index in [2.05, 4.69) is 10.00 Å². The van der Waals surface area contributed by atoms with Crippen LogP contribution in [0.25, 0.3) is 0 Å². The molecule has 4 heteroatoms. The van der Waals surface area contributed by atoms with Gasteiger partial charge in [-0.3, -0.25) is 9.48 Å². The molecule has 1 atom stereocenters. The molecule has 0 saturated carbocycles. The lowest BCUT2D eigenvalue weighted by molar-refractivity contribution is -0.137. The Hall–Kier alpha value is -1.32. The molecule has 1 unspecified atom stereocenters. The summed E-state index contributed by atoms with van der Waals surface area (Å²) in [5.74, 6) is 0.341. The average molecular weight is 249 g/mol. The van der Waals surface area contributed by atoms with Crippen LogP contribution in [0.3, 0.4) is 0 Å². The van der Waals surface area contributed by atoms with E-state index in [1.54, 1.807) is 0 Å². The van der Waals surface area contributed by atoms with Crippen molar-refractivity contribution in [3.05, 3.63) is 18.0 Å². The molecule has 0 spiro atoms. The Morgan fingerprint density at radius 3 is 2.78 bits per heavy atom. The Bertz CT molecular complexity index is 411. The van der Waals surface area contributed by atoms with Gasteiger partial charge in [0.25, 0.3) is 0 Å². The largest absolute Gasteiger partial charge is 0.335 e. The van der Waals surface area contributed by atoms with E-state index in [-0.39, 0.29) is 17.9 Å². The van der Waals surface area contributed by atoms with Crippen molar-refractivity contribution in [2.45, 2.75) is 45.6 Å². The molecule has 2 heterocycles. The number of aryl methyl sites for hydroxylation is 1. The summed E-state index contributed by atoms with van der Waals surface area (Å²) in [7, 11) is 1.93. The molecule has 2 rings (SSSR count). The van der Waals surface area contributed by atoms with Crippen LogP contribution in [0.1, 0.15) is 51.1 Å². The predicted molar refractivity (Wildman–Crippen MR) is 71.0 cm³/mol. The highest BCUT2D eigenvalue weighted by atomic mass is 16.2. The lowest BCUT2D eigenvalue weighted by Gasteiger charge is -2.31. The molecule has 18 heavy (non-hydrogen) atoms. The highest BCUT2D eigenvalue weighted by molar-refractivity contribution is 5.78. The Labute approximate surface area is 109 Å². The number of carbonyl (C=O) groups excluding carboxylic acids is 1. The summed E-state index contributed by atoms with van der Waals surface area (Å²) >= 11 is 0. The smallest absolute Gasteiger partial charge is 0.225 e. The van der Waals surface area contributed by atoms with Gasteiger partial charge in [0.05, 0.1) is 12.2 Å². The fraction of sp³-hybridized carbons (Fsp3) is 0.714. The molecule has 1 amide bonds. The summed E-state index contributed by atoms with van der Waals surface area (Å²) in [4.78, 5) is 14.4. The third kappa shape index (κ3) is 2.74. The number of amides is 1. The van der Waals surface area contributed by atoms with Gasteiger partial charge in [-0.1, -0.05) is 26.7 Å². The Morgan fingerprint density at radius 2 is 2.17 bits per heavy atom. The van der Waals surface area contributed by atoms with Crippen LogP contribution in [0.4, 0.5) is 0 Å². The summed E-state index contributed by atoms with van der Waals surface area (Å²) in [5, 5.41) is 4.24. The SMILES string of the molecule is CC(C)C(=O)N1CCCCCC1c1cnn(C)c1. The van der Waals surface area contributed by atoms with Gasteiger partial charge < -0.3 is 4.90 Å². The lowest BCUT2D eigenvalue weighted by Crippen LogP contribution is -2.37. The third-order valence-electron chi connectivity index (χ3n) is 3.64. The van der Waals surface area contributed by atoms with Gasteiger partial charge in [0.15, 0.2) is 0 Å². The average Bonchev–Trinajstić information content (AvgIpc) is 2.63. The van der Waals surface area contributed by atoms with Crippen molar-refractivity contribution in [1.29, 1.82) is 0 Å². The minimum absolute atomic E-state index is 0.0715. The minimum Gasteiger partial charge on any atom is -0.335 e. The Kier molecular flexibility index (Phi) is 4.04. The first-order chi connectivity index (χ1) is 8.59. The van der Waals surface area contributed by atoms with Crippen LogP contribution in [-0.4, -0.2) is 27.1 Å². The van der Waals surface area contributed by atoms with Crippen LogP contribution in [-0.2, 0) is 11.8 Å². The molecule has 1 saturated heterocycles. The molecule has 0 aliphatic carbocycles. The van der Waals surface area contributed by atoms with Gasteiger partial charge in [-0.05, 0) is 12.8 Å². The molecule has 1 aliphatic heterocycles. The second-order valence-corrected chi connectivity index (χ2v) is 5.50. The summed E-state index contributed by atoms with van der Waals surface area (Å²) in [5.41, 5.74) is 1.17. The summed E-state index contributed by atoms with van der Waals surface area (Å²) in [6, 6.07) is 0.219. The topological polar surface area (TPSA) is 38.1 Å². The highest BCUT2D eigenvalue weighted by Gasteiger charge is 2.28. The number of aromatic nitrogens is 2. The van der Waals surface area contributed by atoms with Crippen molar-refractivity contribution in [1.82, 2.24) is 14.7 Å². The van der Waals surface area contributed by atoms with Crippen molar-refractivity contribution >= 4 is 5.91 Å². The third-order valence-corrected chi connectivity index (χ3v) is 3.64. The minimum atomic E-state index is 0.0715. The molecular formula is C14H23N3O. The Morgan fingerprint density at radius 1 is 1.39 bits per heavy atom. The first-order valence-electron chi connectivity index (χ1n) is 6.88. The van der Waals surface area contributed by atoms with Crippen LogP contribution in [0.15, 0.2) is 12.4 Å². The second-order valence-electron chi connectivity index (χ2n) is 5.50. The van der Waals surface area contributed by atoms with Crippen molar-refractivity contribution in [2.75, 3.05) is 6.54 Å². The van der Waals surface area contributed by atoms with E-state index in [1.807, 2.05) is 38.0 Å². The van der Waals surface area contributed by atoms with Crippen LogP contribution < -0.4 is 0 Å². The lowest BCUT2D eigenvalue weighted by atomic mass is 10.0. The van der Waals surface area contributed by atoms with Gasteiger partial charge in [0, 0.05) is 31.3 Å². The van der Waals surface area contributed by atoms with Crippen molar-refractivity contribution in [3.63, 3.8) is 0 Å². The maximum atomic E-state index is 12.3. The molecule has 1 aromatic rings. The van der Waals surface area contributed by atoms with E-state index in [0.717, 1.165) is 19.4 Å². The van der Waals surface area contributed by atoms with E-state index in [1.165, 1.54) is 18.4 Å². The predicted octanol–water partition coefficient (Wildman–Crippen LogP) is 2.52. The van der Waals surface area contributed by atoms with Gasteiger partial charge in [-0.25, -0.2) is 0 Å². The fourth-order valence-corrected chi connectivity index (χ4v) is 2.66. The van der Waals surface area contributed by atoms with Gasteiger partial charge in [-0.2, -0.15) is 5.10 Å². The van der Waals surface area contributed by atoms with Gasteiger partial charge in [0.2, 0.25) is 5.91 Å². The van der Waals surface area contributed by atoms with Crippen LogP contribution in [0.2, 0.25) is 0 Å². The first-order valence-corrected chi connectivity index (χ1v) is 6.88. The van der Waals surface area contributed by atoms with Gasteiger partial charge in [0.1, 0.15) is 0 Å². The van der Waals surface area contributed by atoms with E-state index in [0.29, 0.717) is 0 Å². The van der Waals surface area contributed by atoms with Crippen LogP contribution >= 0.6 is 0 Å². The van der Waals surface area contributed by atoms with Crippen molar-refractivity contribution in [2.24, 2.45) is 13.0 Å². The zero-order valence-electron chi connectivity index (χ0n) is 11.6. The number of carbonyl (C=O) groups is 1. The summed E-state index contributed by atoms with van der Waals surface area (Å²) < 4.78 is 1.82.